The van der Waals surface area contributed by atoms with Crippen molar-refractivity contribution in [3.8, 4) is 6.07 Å². The SMILES string of the molecule is Cc1ccc(C#N)cc1NC(=O)c1cc(Cl)ccc1F. The van der Waals surface area contributed by atoms with Crippen molar-refractivity contribution in [3.63, 3.8) is 0 Å². The highest BCUT2D eigenvalue weighted by atomic mass is 35.5. The lowest BCUT2D eigenvalue weighted by atomic mass is 10.1. The van der Waals surface area contributed by atoms with Crippen molar-refractivity contribution in [2.75, 3.05) is 5.32 Å². The molecule has 0 fully saturated rings. The van der Waals surface area contributed by atoms with Crippen molar-refractivity contribution in [2.45, 2.75) is 6.92 Å². The van der Waals surface area contributed by atoms with Gasteiger partial charge in [0.05, 0.1) is 17.2 Å². The largest absolute Gasteiger partial charge is 0.322 e. The fourth-order valence-corrected chi connectivity index (χ4v) is 1.86. The van der Waals surface area contributed by atoms with Crippen LogP contribution in [-0.2, 0) is 0 Å². The molecule has 0 saturated carbocycles. The second-order valence-corrected chi connectivity index (χ2v) is 4.66. The lowest BCUT2D eigenvalue weighted by molar-refractivity contribution is 0.102. The lowest BCUT2D eigenvalue weighted by Gasteiger charge is -2.09. The van der Waals surface area contributed by atoms with Gasteiger partial charge in [-0.15, -0.1) is 0 Å². The maximum absolute atomic E-state index is 13.6. The number of halogens is 2. The summed E-state index contributed by atoms with van der Waals surface area (Å²) in [5, 5.41) is 11.7. The van der Waals surface area contributed by atoms with Crippen LogP contribution in [0.5, 0.6) is 0 Å². The molecule has 0 aliphatic rings. The Morgan fingerprint density at radius 1 is 1.30 bits per heavy atom. The highest BCUT2D eigenvalue weighted by molar-refractivity contribution is 6.31. The number of aryl methyl sites for hydroxylation is 1. The molecule has 0 unspecified atom stereocenters. The van der Waals surface area contributed by atoms with Crippen molar-refractivity contribution < 1.29 is 9.18 Å². The second kappa shape index (κ2) is 5.72. The van der Waals surface area contributed by atoms with Crippen molar-refractivity contribution >= 4 is 23.2 Å². The van der Waals surface area contributed by atoms with Gasteiger partial charge in [-0.05, 0) is 42.8 Å². The molecule has 0 bridgehead atoms. The Morgan fingerprint density at radius 2 is 2.05 bits per heavy atom. The summed E-state index contributed by atoms with van der Waals surface area (Å²) in [7, 11) is 0. The van der Waals surface area contributed by atoms with E-state index < -0.39 is 11.7 Å². The number of nitrogens with zero attached hydrogens (tertiary/aromatic N) is 1. The van der Waals surface area contributed by atoms with Gasteiger partial charge in [0, 0.05) is 10.7 Å². The van der Waals surface area contributed by atoms with Gasteiger partial charge in [-0.1, -0.05) is 17.7 Å². The number of anilines is 1. The minimum Gasteiger partial charge on any atom is -0.322 e. The molecule has 0 saturated heterocycles. The molecule has 0 spiro atoms. The van der Waals surface area contributed by atoms with Gasteiger partial charge in [0.1, 0.15) is 5.82 Å². The highest BCUT2D eigenvalue weighted by Crippen LogP contribution is 2.20. The first kappa shape index (κ1) is 14.0. The molecule has 5 heteroatoms. The standard InChI is InChI=1S/C15H10ClFN2O/c1-9-2-3-10(8-18)6-14(9)19-15(20)12-7-11(16)4-5-13(12)17/h2-7H,1H3,(H,19,20). The monoisotopic (exact) mass is 288 g/mol. The van der Waals surface area contributed by atoms with Gasteiger partial charge in [-0.3, -0.25) is 4.79 Å². The predicted molar refractivity (Wildman–Crippen MR) is 75.3 cm³/mol. The summed E-state index contributed by atoms with van der Waals surface area (Å²) in [5.74, 6) is -1.26. The molecule has 2 aromatic rings. The fraction of sp³-hybridized carbons (Fsp3) is 0.0667. The number of hydrogen-bond acceptors (Lipinski definition) is 2. The van der Waals surface area contributed by atoms with Crippen LogP contribution in [0.1, 0.15) is 21.5 Å². The summed E-state index contributed by atoms with van der Waals surface area (Å²) in [6.07, 6.45) is 0. The average molecular weight is 289 g/mol. The molecule has 1 N–H and O–H groups in total. The number of hydrogen-bond donors (Lipinski definition) is 1. The molecular weight excluding hydrogens is 279 g/mol. The zero-order valence-electron chi connectivity index (χ0n) is 10.6. The first-order valence-corrected chi connectivity index (χ1v) is 6.16. The summed E-state index contributed by atoms with van der Waals surface area (Å²) in [6, 6.07) is 10.6. The van der Waals surface area contributed by atoms with Gasteiger partial charge < -0.3 is 5.32 Å². The van der Waals surface area contributed by atoms with Crippen molar-refractivity contribution in [1.82, 2.24) is 0 Å². The predicted octanol–water partition coefficient (Wildman–Crippen LogP) is 3.91. The van der Waals surface area contributed by atoms with Crippen LogP contribution in [0, 0.1) is 24.1 Å². The van der Waals surface area contributed by atoms with Gasteiger partial charge in [0.2, 0.25) is 0 Å². The van der Waals surface area contributed by atoms with Crippen molar-refractivity contribution in [1.29, 1.82) is 5.26 Å². The number of benzene rings is 2. The maximum Gasteiger partial charge on any atom is 0.258 e. The van der Waals surface area contributed by atoms with Gasteiger partial charge in [-0.25, -0.2) is 4.39 Å². The maximum atomic E-state index is 13.6. The van der Waals surface area contributed by atoms with Gasteiger partial charge in [-0.2, -0.15) is 5.26 Å². The minimum atomic E-state index is -0.652. The summed E-state index contributed by atoms with van der Waals surface area (Å²) in [4.78, 5) is 12.0. The number of rotatable bonds is 2. The zero-order valence-corrected chi connectivity index (χ0v) is 11.3. The molecule has 0 atom stereocenters. The molecule has 0 radical (unpaired) electrons. The average Bonchev–Trinajstić information content (AvgIpc) is 2.43. The Balaban J connectivity index is 2.33. The van der Waals surface area contributed by atoms with Crippen molar-refractivity contribution in [2.24, 2.45) is 0 Å². The van der Waals surface area contributed by atoms with Crippen molar-refractivity contribution in [3.05, 3.63) is 63.9 Å². The van der Waals surface area contributed by atoms with E-state index in [1.807, 2.05) is 6.07 Å². The number of nitrogens with one attached hydrogen (secondary N) is 1. The third-order valence-electron chi connectivity index (χ3n) is 2.79. The quantitative estimate of drug-likeness (QED) is 0.911. The summed E-state index contributed by atoms with van der Waals surface area (Å²) in [5.41, 5.74) is 1.52. The van der Waals surface area contributed by atoms with E-state index in [1.165, 1.54) is 18.2 Å². The summed E-state index contributed by atoms with van der Waals surface area (Å²) < 4.78 is 13.6. The summed E-state index contributed by atoms with van der Waals surface area (Å²) >= 11 is 5.75. The van der Waals surface area contributed by atoms with E-state index in [2.05, 4.69) is 5.32 Å². The summed E-state index contributed by atoms with van der Waals surface area (Å²) in [6.45, 7) is 1.78. The second-order valence-electron chi connectivity index (χ2n) is 4.22. The molecular formula is C15H10ClFN2O. The third kappa shape index (κ3) is 2.95. The number of nitriles is 1. The van der Waals surface area contributed by atoms with Gasteiger partial charge in [0.15, 0.2) is 0 Å². The van der Waals surface area contributed by atoms with Crippen LogP contribution in [0.4, 0.5) is 10.1 Å². The zero-order chi connectivity index (χ0) is 14.7. The highest BCUT2D eigenvalue weighted by Gasteiger charge is 2.13. The molecule has 0 aliphatic carbocycles. The van der Waals surface area contributed by atoms with E-state index in [1.54, 1.807) is 19.1 Å². The molecule has 20 heavy (non-hydrogen) atoms. The van der Waals surface area contributed by atoms with Gasteiger partial charge in [0.25, 0.3) is 5.91 Å². The topological polar surface area (TPSA) is 52.9 Å². The van der Waals surface area contributed by atoms with E-state index in [9.17, 15) is 9.18 Å². The minimum absolute atomic E-state index is 0.140. The molecule has 0 heterocycles. The molecule has 100 valence electrons. The molecule has 3 nitrogen and oxygen atoms in total. The molecule has 0 aromatic heterocycles. The Labute approximate surface area is 120 Å². The molecule has 1 amide bonds. The molecule has 2 rings (SSSR count). The first-order chi connectivity index (χ1) is 9.51. The van der Waals surface area contributed by atoms with Crippen LogP contribution >= 0.6 is 11.6 Å². The fourth-order valence-electron chi connectivity index (χ4n) is 1.69. The number of carbonyl (C=O) groups excluding carboxylic acids is 1. The number of carbonyl (C=O) groups is 1. The Hall–Kier alpha value is -2.38. The van der Waals surface area contributed by atoms with Crippen LogP contribution in [0.3, 0.4) is 0 Å². The van der Waals surface area contributed by atoms with Crippen LogP contribution in [-0.4, -0.2) is 5.91 Å². The van der Waals surface area contributed by atoms with E-state index in [0.717, 1.165) is 11.6 Å². The van der Waals surface area contributed by atoms with E-state index in [-0.39, 0.29) is 10.6 Å². The molecule has 0 aliphatic heterocycles. The Morgan fingerprint density at radius 3 is 2.75 bits per heavy atom. The third-order valence-corrected chi connectivity index (χ3v) is 3.02. The first-order valence-electron chi connectivity index (χ1n) is 5.78. The van der Waals surface area contributed by atoms with Gasteiger partial charge >= 0.3 is 0 Å². The van der Waals surface area contributed by atoms with Crippen LogP contribution in [0.15, 0.2) is 36.4 Å². The normalized spacial score (nSPS) is 9.90. The van der Waals surface area contributed by atoms with Crippen LogP contribution in [0.25, 0.3) is 0 Å². The lowest BCUT2D eigenvalue weighted by Crippen LogP contribution is -2.14. The van der Waals surface area contributed by atoms with E-state index in [4.69, 9.17) is 16.9 Å². The van der Waals surface area contributed by atoms with E-state index >= 15 is 0 Å². The van der Waals surface area contributed by atoms with Crippen LogP contribution < -0.4 is 5.32 Å². The smallest absolute Gasteiger partial charge is 0.258 e. The van der Waals surface area contributed by atoms with Crippen LogP contribution in [0.2, 0.25) is 5.02 Å². The number of amides is 1. The Bertz CT molecular complexity index is 722. The van der Waals surface area contributed by atoms with E-state index in [0.29, 0.717) is 11.3 Å². The molecule has 2 aromatic carbocycles. The Kier molecular flexibility index (Phi) is 4.02.